The molecule has 3 nitrogen and oxygen atoms in total. The minimum absolute atomic E-state index is 0.0672. The van der Waals surface area contributed by atoms with Crippen molar-refractivity contribution in [1.29, 1.82) is 0 Å². The van der Waals surface area contributed by atoms with Crippen LogP contribution in [0.3, 0.4) is 0 Å². The number of rotatable bonds is 3. The smallest absolute Gasteiger partial charge is 0.222 e. The summed E-state index contributed by atoms with van der Waals surface area (Å²) in [5.41, 5.74) is 0.925. The first kappa shape index (κ1) is 13.7. The molecule has 0 spiro atoms. The third-order valence-electron chi connectivity index (χ3n) is 3.14. The van der Waals surface area contributed by atoms with Crippen LogP contribution < -0.4 is 0 Å². The molecule has 98 valence electrons. The number of halogens is 2. The van der Waals surface area contributed by atoms with E-state index in [9.17, 15) is 9.90 Å². The van der Waals surface area contributed by atoms with Crippen LogP contribution >= 0.6 is 23.2 Å². The second-order valence-corrected chi connectivity index (χ2v) is 5.36. The molecule has 1 amide bonds. The maximum atomic E-state index is 11.9. The summed E-state index contributed by atoms with van der Waals surface area (Å²) in [6, 6.07) is 5.30. The molecule has 2 rings (SSSR count). The lowest BCUT2D eigenvalue weighted by Crippen LogP contribution is -2.29. The number of amides is 1. The topological polar surface area (TPSA) is 40.5 Å². The average molecular weight is 288 g/mol. The predicted octanol–water partition coefficient (Wildman–Crippen LogP) is 2.52. The zero-order valence-electron chi connectivity index (χ0n) is 9.90. The summed E-state index contributed by atoms with van der Waals surface area (Å²) in [6.07, 6.45) is 1.32. The Morgan fingerprint density at radius 3 is 2.83 bits per heavy atom. The maximum Gasteiger partial charge on any atom is 0.222 e. The van der Waals surface area contributed by atoms with Gasteiger partial charge in [0, 0.05) is 29.6 Å². The van der Waals surface area contributed by atoms with E-state index in [1.165, 1.54) is 0 Å². The van der Waals surface area contributed by atoms with Crippen LogP contribution in [0.4, 0.5) is 0 Å². The van der Waals surface area contributed by atoms with Crippen LogP contribution in [0.2, 0.25) is 10.0 Å². The molecule has 1 unspecified atom stereocenters. The molecule has 0 bridgehead atoms. The normalized spacial score (nSPS) is 19.3. The summed E-state index contributed by atoms with van der Waals surface area (Å²) in [4.78, 5) is 13.6. The Balaban J connectivity index is 1.89. The number of β-amino-alcohol motifs (C(OH)–C–C–N with tert-alkyl or cyclic N) is 1. The average Bonchev–Trinajstić information content (AvgIpc) is 2.74. The van der Waals surface area contributed by atoms with Gasteiger partial charge in [0.05, 0.1) is 6.10 Å². The van der Waals surface area contributed by atoms with Gasteiger partial charge in [0.1, 0.15) is 0 Å². The largest absolute Gasteiger partial charge is 0.391 e. The van der Waals surface area contributed by atoms with Crippen molar-refractivity contribution in [3.63, 3.8) is 0 Å². The number of likely N-dealkylation sites (tertiary alicyclic amines) is 1. The van der Waals surface area contributed by atoms with Crippen molar-refractivity contribution >= 4 is 29.1 Å². The molecule has 1 aliphatic rings. The third kappa shape index (κ3) is 3.37. The fourth-order valence-electron chi connectivity index (χ4n) is 2.09. The SMILES string of the molecule is O=C(CCc1ccc(Cl)cc1Cl)N1CCC(O)C1. The van der Waals surface area contributed by atoms with E-state index < -0.39 is 0 Å². The number of hydrogen-bond donors (Lipinski definition) is 1. The monoisotopic (exact) mass is 287 g/mol. The summed E-state index contributed by atoms with van der Waals surface area (Å²) in [6.45, 7) is 1.10. The van der Waals surface area contributed by atoms with Gasteiger partial charge in [-0.25, -0.2) is 0 Å². The molecule has 1 aliphatic heterocycles. The summed E-state index contributed by atoms with van der Waals surface area (Å²) >= 11 is 11.9. The second-order valence-electron chi connectivity index (χ2n) is 4.52. The molecule has 0 aliphatic carbocycles. The highest BCUT2D eigenvalue weighted by atomic mass is 35.5. The van der Waals surface area contributed by atoms with Gasteiger partial charge in [-0.2, -0.15) is 0 Å². The zero-order valence-corrected chi connectivity index (χ0v) is 11.4. The van der Waals surface area contributed by atoms with E-state index in [-0.39, 0.29) is 12.0 Å². The molecule has 0 aromatic heterocycles. The summed E-state index contributed by atoms with van der Waals surface area (Å²) in [7, 11) is 0. The standard InChI is InChI=1S/C13H15Cl2NO2/c14-10-3-1-9(12(15)7-10)2-4-13(18)16-6-5-11(17)8-16/h1,3,7,11,17H,2,4-6,8H2. The van der Waals surface area contributed by atoms with E-state index in [1.54, 1.807) is 17.0 Å². The van der Waals surface area contributed by atoms with Crippen molar-refractivity contribution < 1.29 is 9.90 Å². The highest BCUT2D eigenvalue weighted by Gasteiger charge is 2.24. The summed E-state index contributed by atoms with van der Waals surface area (Å²) in [5, 5.41) is 10.6. The Morgan fingerprint density at radius 1 is 1.44 bits per heavy atom. The number of carbonyl (C=O) groups excluding carboxylic acids is 1. The molecule has 1 atom stereocenters. The number of carbonyl (C=O) groups is 1. The lowest BCUT2D eigenvalue weighted by atomic mass is 10.1. The van der Waals surface area contributed by atoms with Gasteiger partial charge >= 0.3 is 0 Å². The molecule has 18 heavy (non-hydrogen) atoms. The van der Waals surface area contributed by atoms with Crippen LogP contribution in [0.5, 0.6) is 0 Å². The zero-order chi connectivity index (χ0) is 13.1. The summed E-state index contributed by atoms with van der Waals surface area (Å²) < 4.78 is 0. The van der Waals surface area contributed by atoms with Gasteiger partial charge in [0.15, 0.2) is 0 Å². The van der Waals surface area contributed by atoms with Crippen molar-refractivity contribution in [3.05, 3.63) is 33.8 Å². The number of benzene rings is 1. The van der Waals surface area contributed by atoms with E-state index >= 15 is 0 Å². The number of aryl methyl sites for hydroxylation is 1. The molecule has 0 saturated carbocycles. The van der Waals surface area contributed by atoms with Gasteiger partial charge in [-0.3, -0.25) is 4.79 Å². The van der Waals surface area contributed by atoms with Crippen LogP contribution in [-0.2, 0) is 11.2 Å². The van der Waals surface area contributed by atoms with E-state index in [0.29, 0.717) is 42.4 Å². The Kier molecular flexibility index (Phi) is 4.49. The predicted molar refractivity (Wildman–Crippen MR) is 72.0 cm³/mol. The minimum atomic E-state index is -0.368. The molecular weight excluding hydrogens is 273 g/mol. The van der Waals surface area contributed by atoms with Crippen molar-refractivity contribution in [3.8, 4) is 0 Å². The fourth-order valence-corrected chi connectivity index (χ4v) is 2.60. The van der Waals surface area contributed by atoms with Gasteiger partial charge in [-0.15, -0.1) is 0 Å². The first-order chi connectivity index (χ1) is 8.56. The van der Waals surface area contributed by atoms with E-state index in [4.69, 9.17) is 23.2 Å². The first-order valence-electron chi connectivity index (χ1n) is 5.96. The molecule has 0 radical (unpaired) electrons. The lowest BCUT2D eigenvalue weighted by molar-refractivity contribution is -0.130. The molecular formula is C13H15Cl2NO2. The molecule has 1 aromatic carbocycles. The molecule has 5 heteroatoms. The molecule has 1 saturated heterocycles. The minimum Gasteiger partial charge on any atom is -0.391 e. The number of nitrogens with zero attached hydrogens (tertiary/aromatic N) is 1. The van der Waals surface area contributed by atoms with E-state index in [1.807, 2.05) is 6.07 Å². The molecule has 1 N–H and O–H groups in total. The van der Waals surface area contributed by atoms with E-state index in [2.05, 4.69) is 0 Å². The Hall–Kier alpha value is -0.770. The van der Waals surface area contributed by atoms with Crippen LogP contribution in [0.15, 0.2) is 18.2 Å². The molecule has 1 aromatic rings. The molecule has 1 heterocycles. The molecule has 1 fully saturated rings. The number of hydrogen-bond acceptors (Lipinski definition) is 2. The van der Waals surface area contributed by atoms with Crippen LogP contribution in [0.1, 0.15) is 18.4 Å². The number of aliphatic hydroxyl groups excluding tert-OH is 1. The van der Waals surface area contributed by atoms with Gasteiger partial charge in [0.2, 0.25) is 5.91 Å². The highest BCUT2D eigenvalue weighted by molar-refractivity contribution is 6.35. The van der Waals surface area contributed by atoms with Crippen molar-refractivity contribution in [2.45, 2.75) is 25.4 Å². The Bertz CT molecular complexity index is 451. The fraction of sp³-hybridized carbons (Fsp3) is 0.462. The van der Waals surface area contributed by atoms with E-state index in [0.717, 1.165) is 5.56 Å². The van der Waals surface area contributed by atoms with Gasteiger partial charge in [-0.05, 0) is 30.5 Å². The second kappa shape index (κ2) is 5.91. The van der Waals surface area contributed by atoms with Crippen molar-refractivity contribution in [2.75, 3.05) is 13.1 Å². The quantitative estimate of drug-likeness (QED) is 0.928. The van der Waals surface area contributed by atoms with Crippen LogP contribution in [-0.4, -0.2) is 35.1 Å². The number of aliphatic hydroxyl groups is 1. The van der Waals surface area contributed by atoms with Crippen LogP contribution in [0.25, 0.3) is 0 Å². The Morgan fingerprint density at radius 2 is 2.22 bits per heavy atom. The third-order valence-corrected chi connectivity index (χ3v) is 3.73. The van der Waals surface area contributed by atoms with Crippen molar-refractivity contribution in [1.82, 2.24) is 4.90 Å². The van der Waals surface area contributed by atoms with Gasteiger partial charge in [0.25, 0.3) is 0 Å². The maximum absolute atomic E-state index is 11.9. The highest BCUT2D eigenvalue weighted by Crippen LogP contribution is 2.22. The summed E-state index contributed by atoms with van der Waals surface area (Å²) in [5.74, 6) is 0.0672. The Labute approximate surface area is 116 Å². The first-order valence-corrected chi connectivity index (χ1v) is 6.71. The van der Waals surface area contributed by atoms with Gasteiger partial charge in [-0.1, -0.05) is 29.3 Å². The lowest BCUT2D eigenvalue weighted by Gasteiger charge is -2.15. The van der Waals surface area contributed by atoms with Crippen molar-refractivity contribution in [2.24, 2.45) is 0 Å². The van der Waals surface area contributed by atoms with Crippen LogP contribution in [0, 0.1) is 0 Å². The van der Waals surface area contributed by atoms with Gasteiger partial charge < -0.3 is 10.0 Å².